The van der Waals surface area contributed by atoms with Crippen LogP contribution >= 0.6 is 0 Å². The first-order chi connectivity index (χ1) is 10.4. The SMILES string of the molecule is CNC(=O)C(CCC=O)N(C)Cc1c(C)cccc1C(C)O. The molecule has 22 heavy (non-hydrogen) atoms. The maximum atomic E-state index is 12.0. The summed E-state index contributed by atoms with van der Waals surface area (Å²) in [7, 11) is 3.46. The molecule has 1 amide bonds. The number of amides is 1. The molecule has 1 aromatic rings. The molecule has 2 atom stereocenters. The third-order valence-electron chi connectivity index (χ3n) is 3.94. The van der Waals surface area contributed by atoms with Crippen LogP contribution in [0.4, 0.5) is 0 Å². The molecule has 0 aliphatic carbocycles. The van der Waals surface area contributed by atoms with Crippen LogP contribution in [0.2, 0.25) is 0 Å². The number of rotatable bonds is 8. The number of aliphatic hydroxyl groups excluding tert-OH is 1. The molecule has 0 heterocycles. The van der Waals surface area contributed by atoms with Crippen LogP contribution in [0.25, 0.3) is 0 Å². The van der Waals surface area contributed by atoms with E-state index in [0.29, 0.717) is 19.4 Å². The maximum absolute atomic E-state index is 12.0. The number of hydrogen-bond acceptors (Lipinski definition) is 4. The van der Waals surface area contributed by atoms with E-state index < -0.39 is 6.10 Å². The molecule has 2 N–H and O–H groups in total. The fourth-order valence-corrected chi connectivity index (χ4v) is 2.64. The molecule has 0 fully saturated rings. The van der Waals surface area contributed by atoms with Gasteiger partial charge in [0.25, 0.3) is 0 Å². The van der Waals surface area contributed by atoms with E-state index in [2.05, 4.69) is 5.32 Å². The Bertz CT molecular complexity index is 515. The first-order valence-electron chi connectivity index (χ1n) is 7.54. The van der Waals surface area contributed by atoms with Crippen LogP contribution < -0.4 is 5.32 Å². The number of benzene rings is 1. The second-order valence-electron chi connectivity index (χ2n) is 5.61. The minimum Gasteiger partial charge on any atom is -0.389 e. The summed E-state index contributed by atoms with van der Waals surface area (Å²) < 4.78 is 0. The Kier molecular flexibility index (Phi) is 7.21. The number of nitrogens with one attached hydrogen (secondary N) is 1. The summed E-state index contributed by atoms with van der Waals surface area (Å²) >= 11 is 0. The molecule has 122 valence electrons. The average Bonchev–Trinajstić information content (AvgIpc) is 2.49. The minimum atomic E-state index is -0.559. The lowest BCUT2D eigenvalue weighted by molar-refractivity contribution is -0.126. The fourth-order valence-electron chi connectivity index (χ4n) is 2.64. The molecule has 0 saturated carbocycles. The van der Waals surface area contributed by atoms with Gasteiger partial charge in [-0.3, -0.25) is 9.69 Å². The Balaban J connectivity index is 3.00. The van der Waals surface area contributed by atoms with Crippen molar-refractivity contribution < 1.29 is 14.7 Å². The largest absolute Gasteiger partial charge is 0.389 e. The number of aliphatic hydroxyl groups is 1. The molecule has 0 radical (unpaired) electrons. The smallest absolute Gasteiger partial charge is 0.237 e. The molecule has 0 aliphatic rings. The molecule has 1 rings (SSSR count). The van der Waals surface area contributed by atoms with E-state index in [9.17, 15) is 14.7 Å². The van der Waals surface area contributed by atoms with Crippen LogP contribution in [0, 0.1) is 6.92 Å². The predicted molar refractivity (Wildman–Crippen MR) is 86.4 cm³/mol. The molecule has 0 aromatic heterocycles. The average molecular weight is 306 g/mol. The second-order valence-corrected chi connectivity index (χ2v) is 5.61. The number of carbonyl (C=O) groups excluding carboxylic acids is 2. The molecular formula is C17H26N2O3. The van der Waals surface area contributed by atoms with E-state index in [1.807, 2.05) is 37.1 Å². The van der Waals surface area contributed by atoms with Crippen LogP contribution in [0.5, 0.6) is 0 Å². The highest BCUT2D eigenvalue weighted by atomic mass is 16.3. The van der Waals surface area contributed by atoms with E-state index in [1.54, 1.807) is 14.0 Å². The summed E-state index contributed by atoms with van der Waals surface area (Å²) in [5.74, 6) is -0.100. The highest BCUT2D eigenvalue weighted by Gasteiger charge is 2.23. The Hall–Kier alpha value is -1.72. The van der Waals surface area contributed by atoms with E-state index in [-0.39, 0.29) is 11.9 Å². The number of carbonyl (C=O) groups is 2. The topological polar surface area (TPSA) is 69.6 Å². The first-order valence-corrected chi connectivity index (χ1v) is 7.54. The fraction of sp³-hybridized carbons (Fsp3) is 0.529. The zero-order valence-electron chi connectivity index (χ0n) is 13.8. The molecule has 5 heteroatoms. The van der Waals surface area contributed by atoms with Crippen molar-refractivity contribution in [1.29, 1.82) is 0 Å². The Morgan fingerprint density at radius 3 is 2.68 bits per heavy atom. The molecule has 5 nitrogen and oxygen atoms in total. The van der Waals surface area contributed by atoms with Crippen molar-refractivity contribution in [3.8, 4) is 0 Å². The molecule has 1 aromatic carbocycles. The lowest BCUT2D eigenvalue weighted by Crippen LogP contribution is -2.43. The zero-order valence-corrected chi connectivity index (χ0v) is 13.8. The highest BCUT2D eigenvalue weighted by molar-refractivity contribution is 5.81. The van der Waals surface area contributed by atoms with Gasteiger partial charge in [-0.25, -0.2) is 0 Å². The van der Waals surface area contributed by atoms with E-state index in [0.717, 1.165) is 23.0 Å². The van der Waals surface area contributed by atoms with Crippen molar-refractivity contribution in [2.24, 2.45) is 0 Å². The van der Waals surface area contributed by atoms with Crippen LogP contribution in [0.3, 0.4) is 0 Å². The third-order valence-corrected chi connectivity index (χ3v) is 3.94. The zero-order chi connectivity index (χ0) is 16.7. The lowest BCUT2D eigenvalue weighted by Gasteiger charge is -2.28. The summed E-state index contributed by atoms with van der Waals surface area (Å²) in [6.07, 6.45) is 1.10. The van der Waals surface area contributed by atoms with Gasteiger partial charge in [0.1, 0.15) is 6.29 Å². The predicted octanol–water partition coefficient (Wildman–Crippen LogP) is 1.57. The van der Waals surface area contributed by atoms with E-state index >= 15 is 0 Å². The van der Waals surface area contributed by atoms with Gasteiger partial charge in [0.2, 0.25) is 5.91 Å². The maximum Gasteiger partial charge on any atom is 0.237 e. The van der Waals surface area contributed by atoms with Gasteiger partial charge in [0.15, 0.2) is 0 Å². The molecule has 0 saturated heterocycles. The normalized spacial score (nSPS) is 13.7. The minimum absolute atomic E-state index is 0.100. The van der Waals surface area contributed by atoms with Crippen LogP contribution in [-0.4, -0.2) is 42.3 Å². The lowest BCUT2D eigenvalue weighted by atomic mass is 9.97. The molecule has 0 bridgehead atoms. The number of aldehydes is 1. The third kappa shape index (κ3) is 4.64. The first kappa shape index (κ1) is 18.3. The number of aryl methyl sites for hydroxylation is 1. The summed E-state index contributed by atoms with van der Waals surface area (Å²) in [5, 5.41) is 12.6. The van der Waals surface area contributed by atoms with Crippen molar-refractivity contribution in [3.63, 3.8) is 0 Å². The van der Waals surface area contributed by atoms with Crippen LogP contribution in [0.1, 0.15) is 42.6 Å². The summed E-state index contributed by atoms with van der Waals surface area (Å²) in [6, 6.07) is 5.46. The molecular weight excluding hydrogens is 280 g/mol. The Morgan fingerprint density at radius 2 is 2.14 bits per heavy atom. The van der Waals surface area contributed by atoms with Crippen molar-refractivity contribution in [3.05, 3.63) is 34.9 Å². The summed E-state index contributed by atoms with van der Waals surface area (Å²) in [4.78, 5) is 24.6. The van der Waals surface area contributed by atoms with Gasteiger partial charge < -0.3 is 15.2 Å². The molecule has 2 unspecified atom stereocenters. The van der Waals surface area contributed by atoms with Crippen molar-refractivity contribution >= 4 is 12.2 Å². The van der Waals surface area contributed by atoms with Crippen molar-refractivity contribution in [2.45, 2.75) is 45.4 Å². The van der Waals surface area contributed by atoms with E-state index in [1.165, 1.54) is 0 Å². The van der Waals surface area contributed by atoms with Gasteiger partial charge in [0.05, 0.1) is 12.1 Å². The van der Waals surface area contributed by atoms with Gasteiger partial charge >= 0.3 is 0 Å². The van der Waals surface area contributed by atoms with Crippen molar-refractivity contribution in [1.82, 2.24) is 10.2 Å². The van der Waals surface area contributed by atoms with Gasteiger partial charge in [-0.05, 0) is 44.0 Å². The van der Waals surface area contributed by atoms with Gasteiger partial charge in [0, 0.05) is 20.0 Å². The Morgan fingerprint density at radius 1 is 1.45 bits per heavy atom. The molecule has 0 spiro atoms. The highest BCUT2D eigenvalue weighted by Crippen LogP contribution is 2.23. The summed E-state index contributed by atoms with van der Waals surface area (Å²) in [6.45, 7) is 4.28. The van der Waals surface area contributed by atoms with Gasteiger partial charge in [-0.15, -0.1) is 0 Å². The summed E-state index contributed by atoms with van der Waals surface area (Å²) in [5.41, 5.74) is 2.98. The number of hydrogen-bond donors (Lipinski definition) is 2. The number of nitrogens with zero attached hydrogens (tertiary/aromatic N) is 1. The standard InChI is InChI=1S/C17H26N2O3/c1-12-7-5-8-14(13(2)21)15(12)11-19(4)16(9-6-10-20)17(22)18-3/h5,7-8,10,13,16,21H,6,9,11H2,1-4H3,(H,18,22). The number of likely N-dealkylation sites (N-methyl/N-ethyl adjacent to an activating group) is 2. The Labute approximate surface area is 132 Å². The monoisotopic (exact) mass is 306 g/mol. The van der Waals surface area contributed by atoms with Crippen LogP contribution in [0.15, 0.2) is 18.2 Å². The van der Waals surface area contributed by atoms with Gasteiger partial charge in [-0.2, -0.15) is 0 Å². The van der Waals surface area contributed by atoms with Crippen molar-refractivity contribution in [2.75, 3.05) is 14.1 Å². The van der Waals surface area contributed by atoms with E-state index in [4.69, 9.17) is 0 Å². The van der Waals surface area contributed by atoms with Crippen LogP contribution in [-0.2, 0) is 16.1 Å². The quantitative estimate of drug-likeness (QED) is 0.715. The van der Waals surface area contributed by atoms with Gasteiger partial charge in [-0.1, -0.05) is 18.2 Å². The molecule has 0 aliphatic heterocycles. The second kappa shape index (κ2) is 8.66.